The van der Waals surface area contributed by atoms with Gasteiger partial charge in [0.15, 0.2) is 0 Å². The summed E-state index contributed by atoms with van der Waals surface area (Å²) in [4.78, 5) is 29.7. The Morgan fingerprint density at radius 1 is 1.03 bits per heavy atom. The Morgan fingerprint density at radius 2 is 1.73 bits per heavy atom. The van der Waals surface area contributed by atoms with Gasteiger partial charge in [-0.05, 0) is 35.6 Å². The first-order valence-corrected chi connectivity index (χ1v) is 11.0. The van der Waals surface area contributed by atoms with Crippen LogP contribution in [0, 0.1) is 0 Å². The van der Waals surface area contributed by atoms with Crippen LogP contribution in [0.5, 0.6) is 0 Å². The molecule has 0 fully saturated rings. The van der Waals surface area contributed by atoms with Crippen molar-refractivity contribution in [3.8, 4) is 0 Å². The van der Waals surface area contributed by atoms with E-state index in [1.807, 2.05) is 59.6 Å². The SMILES string of the molecule is CCCCN(C(=O)C[C@H]1c2ccccc2C=CN1C(C)=O)[C@H](CC)c1ccccc1. The molecule has 1 aliphatic rings. The molecule has 0 spiro atoms. The molecule has 2 atom stereocenters. The van der Waals surface area contributed by atoms with Crippen molar-refractivity contribution in [2.24, 2.45) is 0 Å². The van der Waals surface area contributed by atoms with Crippen LogP contribution >= 0.6 is 0 Å². The van der Waals surface area contributed by atoms with E-state index in [-0.39, 0.29) is 30.3 Å². The molecule has 30 heavy (non-hydrogen) atoms. The number of unbranched alkanes of at least 4 members (excludes halogenated alkanes) is 1. The molecule has 0 N–H and O–H groups in total. The highest BCUT2D eigenvalue weighted by Crippen LogP contribution is 2.35. The lowest BCUT2D eigenvalue weighted by molar-refractivity contribution is -0.136. The second-order valence-electron chi connectivity index (χ2n) is 7.87. The lowest BCUT2D eigenvalue weighted by Gasteiger charge is -2.36. The average molecular weight is 405 g/mol. The van der Waals surface area contributed by atoms with E-state index in [0.717, 1.165) is 42.5 Å². The van der Waals surface area contributed by atoms with Crippen LogP contribution in [-0.4, -0.2) is 28.2 Å². The molecule has 0 aliphatic carbocycles. The fraction of sp³-hybridized carbons (Fsp3) is 0.385. The van der Waals surface area contributed by atoms with E-state index in [1.54, 1.807) is 11.8 Å². The molecule has 4 nitrogen and oxygen atoms in total. The first kappa shape index (κ1) is 21.8. The molecule has 3 rings (SSSR count). The first-order valence-electron chi connectivity index (χ1n) is 11.0. The minimum Gasteiger partial charge on any atom is -0.336 e. The van der Waals surface area contributed by atoms with Gasteiger partial charge in [-0.25, -0.2) is 0 Å². The Balaban J connectivity index is 1.90. The van der Waals surface area contributed by atoms with Crippen LogP contribution < -0.4 is 0 Å². The Bertz CT molecular complexity index is 891. The normalized spacial score (nSPS) is 16.1. The fourth-order valence-electron chi connectivity index (χ4n) is 4.29. The van der Waals surface area contributed by atoms with E-state index >= 15 is 0 Å². The molecule has 4 heteroatoms. The molecule has 1 aliphatic heterocycles. The van der Waals surface area contributed by atoms with Gasteiger partial charge < -0.3 is 9.80 Å². The number of hydrogen-bond donors (Lipinski definition) is 0. The maximum Gasteiger partial charge on any atom is 0.225 e. The number of carbonyl (C=O) groups excluding carboxylic acids is 2. The second-order valence-corrected chi connectivity index (χ2v) is 7.87. The molecule has 158 valence electrons. The lowest BCUT2D eigenvalue weighted by atomic mass is 9.92. The molecule has 1 heterocycles. The van der Waals surface area contributed by atoms with Crippen molar-refractivity contribution >= 4 is 17.9 Å². The van der Waals surface area contributed by atoms with Crippen LogP contribution in [0.1, 0.15) is 75.2 Å². The molecular formula is C26H32N2O2. The fourth-order valence-corrected chi connectivity index (χ4v) is 4.29. The number of benzene rings is 2. The van der Waals surface area contributed by atoms with E-state index in [2.05, 4.69) is 26.0 Å². The van der Waals surface area contributed by atoms with Crippen LogP contribution in [0.4, 0.5) is 0 Å². The number of hydrogen-bond acceptors (Lipinski definition) is 2. The monoisotopic (exact) mass is 404 g/mol. The van der Waals surface area contributed by atoms with Crippen molar-refractivity contribution in [2.45, 2.75) is 58.5 Å². The summed E-state index contributed by atoms with van der Waals surface area (Å²) in [5.41, 5.74) is 3.27. The Labute approximate surface area is 180 Å². The van der Waals surface area contributed by atoms with E-state index in [9.17, 15) is 9.59 Å². The van der Waals surface area contributed by atoms with Gasteiger partial charge in [0, 0.05) is 19.7 Å². The van der Waals surface area contributed by atoms with Gasteiger partial charge in [-0.3, -0.25) is 9.59 Å². The van der Waals surface area contributed by atoms with Gasteiger partial charge in [0.1, 0.15) is 0 Å². The minimum absolute atomic E-state index is 0.0467. The first-order chi connectivity index (χ1) is 14.6. The van der Waals surface area contributed by atoms with Crippen molar-refractivity contribution in [3.63, 3.8) is 0 Å². The van der Waals surface area contributed by atoms with Crippen molar-refractivity contribution in [3.05, 3.63) is 77.5 Å². The predicted octanol–water partition coefficient (Wildman–Crippen LogP) is 5.73. The third-order valence-corrected chi connectivity index (χ3v) is 5.86. The molecule has 0 saturated carbocycles. The maximum absolute atomic E-state index is 13.6. The lowest BCUT2D eigenvalue weighted by Crippen LogP contribution is -2.39. The van der Waals surface area contributed by atoms with Crippen molar-refractivity contribution in [2.75, 3.05) is 6.54 Å². The van der Waals surface area contributed by atoms with Gasteiger partial charge >= 0.3 is 0 Å². The molecule has 0 saturated heterocycles. The summed E-state index contributed by atoms with van der Waals surface area (Å²) >= 11 is 0. The minimum atomic E-state index is -0.270. The van der Waals surface area contributed by atoms with Crippen molar-refractivity contribution in [1.29, 1.82) is 0 Å². The van der Waals surface area contributed by atoms with Crippen LogP contribution in [0.3, 0.4) is 0 Å². The zero-order valence-corrected chi connectivity index (χ0v) is 18.3. The van der Waals surface area contributed by atoms with Gasteiger partial charge in [0.2, 0.25) is 11.8 Å². The Morgan fingerprint density at radius 3 is 2.40 bits per heavy atom. The van der Waals surface area contributed by atoms with Crippen LogP contribution in [0.2, 0.25) is 0 Å². The van der Waals surface area contributed by atoms with Crippen LogP contribution in [-0.2, 0) is 9.59 Å². The zero-order valence-electron chi connectivity index (χ0n) is 18.3. The van der Waals surface area contributed by atoms with E-state index in [0.29, 0.717) is 0 Å². The topological polar surface area (TPSA) is 40.6 Å². The molecule has 0 bridgehead atoms. The van der Waals surface area contributed by atoms with Gasteiger partial charge in [0.05, 0.1) is 18.5 Å². The molecule has 0 aromatic heterocycles. The standard InChI is InChI=1S/C26H32N2O2/c1-4-6-17-28(24(5-2)22-13-8-7-9-14-22)26(30)19-25-23-15-11-10-12-21(23)16-18-27(25)20(3)29/h7-16,18,24-25H,4-6,17,19H2,1-3H3/t24-,25+/m1/s1. The summed E-state index contributed by atoms with van der Waals surface area (Å²) in [5.74, 6) is 0.0502. The summed E-state index contributed by atoms with van der Waals surface area (Å²) in [6, 6.07) is 18.1. The molecule has 0 unspecified atom stereocenters. The number of nitrogens with zero attached hydrogens (tertiary/aromatic N) is 2. The predicted molar refractivity (Wildman–Crippen MR) is 121 cm³/mol. The quantitative estimate of drug-likeness (QED) is 0.564. The molecule has 2 amide bonds. The summed E-state index contributed by atoms with van der Waals surface area (Å²) in [6.07, 6.45) is 6.90. The highest BCUT2D eigenvalue weighted by Gasteiger charge is 2.31. The van der Waals surface area contributed by atoms with Gasteiger partial charge in [0.25, 0.3) is 0 Å². The molecular weight excluding hydrogens is 372 g/mol. The number of carbonyl (C=O) groups is 2. The number of amides is 2. The van der Waals surface area contributed by atoms with Gasteiger partial charge in [-0.15, -0.1) is 0 Å². The third-order valence-electron chi connectivity index (χ3n) is 5.86. The summed E-state index contributed by atoms with van der Waals surface area (Å²) in [7, 11) is 0. The summed E-state index contributed by atoms with van der Waals surface area (Å²) in [6.45, 7) is 6.56. The van der Waals surface area contributed by atoms with Crippen LogP contribution in [0.25, 0.3) is 6.08 Å². The summed E-state index contributed by atoms with van der Waals surface area (Å²) < 4.78 is 0. The van der Waals surface area contributed by atoms with Crippen molar-refractivity contribution < 1.29 is 9.59 Å². The van der Waals surface area contributed by atoms with E-state index in [1.165, 1.54) is 0 Å². The number of rotatable bonds is 8. The molecule has 2 aromatic carbocycles. The maximum atomic E-state index is 13.6. The van der Waals surface area contributed by atoms with Crippen molar-refractivity contribution in [1.82, 2.24) is 9.80 Å². The van der Waals surface area contributed by atoms with Crippen LogP contribution in [0.15, 0.2) is 60.8 Å². The van der Waals surface area contributed by atoms with Gasteiger partial charge in [-0.1, -0.05) is 74.9 Å². The Hall–Kier alpha value is -2.88. The van der Waals surface area contributed by atoms with E-state index in [4.69, 9.17) is 0 Å². The zero-order chi connectivity index (χ0) is 21.5. The summed E-state index contributed by atoms with van der Waals surface area (Å²) in [5, 5.41) is 0. The smallest absolute Gasteiger partial charge is 0.225 e. The molecule has 0 radical (unpaired) electrons. The highest BCUT2D eigenvalue weighted by molar-refractivity contribution is 5.82. The third kappa shape index (κ3) is 4.81. The highest BCUT2D eigenvalue weighted by atomic mass is 16.2. The Kier molecular flexibility index (Phi) is 7.45. The number of fused-ring (bicyclic) bond motifs is 1. The second kappa shape index (κ2) is 10.2. The largest absolute Gasteiger partial charge is 0.336 e. The average Bonchev–Trinajstić information content (AvgIpc) is 2.77. The molecule has 2 aromatic rings. The van der Waals surface area contributed by atoms with E-state index < -0.39 is 0 Å². The van der Waals surface area contributed by atoms with Gasteiger partial charge in [-0.2, -0.15) is 0 Å².